The molecule has 0 aromatic carbocycles. The average Bonchev–Trinajstić information content (AvgIpc) is 3.04. The number of anilines is 1. The van der Waals surface area contributed by atoms with Gasteiger partial charge in [-0.3, -0.25) is 9.78 Å². The molecule has 6 heteroatoms. The molecule has 118 valence electrons. The Morgan fingerprint density at radius 1 is 1.09 bits per heavy atom. The molecule has 6 nitrogen and oxygen atoms in total. The fourth-order valence-corrected chi connectivity index (χ4v) is 3.56. The number of rotatable bonds is 3. The van der Waals surface area contributed by atoms with Crippen LogP contribution in [0.15, 0.2) is 43.0 Å². The van der Waals surface area contributed by atoms with Crippen molar-refractivity contribution in [3.05, 3.63) is 48.5 Å². The van der Waals surface area contributed by atoms with Crippen LogP contribution in [0.3, 0.4) is 0 Å². The van der Waals surface area contributed by atoms with E-state index in [0.717, 1.165) is 44.0 Å². The lowest BCUT2D eigenvalue weighted by molar-refractivity contribution is -0.129. The largest absolute Gasteiger partial charge is 0.340 e. The number of hydrogen-bond acceptors (Lipinski definition) is 5. The van der Waals surface area contributed by atoms with Gasteiger partial charge in [0.15, 0.2) is 0 Å². The Kier molecular flexibility index (Phi) is 3.44. The van der Waals surface area contributed by atoms with Crippen LogP contribution in [0, 0.1) is 0 Å². The summed E-state index contributed by atoms with van der Waals surface area (Å²) in [4.78, 5) is 29.5. The summed E-state index contributed by atoms with van der Waals surface area (Å²) in [5, 5.41) is 0. The molecule has 0 saturated carbocycles. The average molecular weight is 309 g/mol. The van der Waals surface area contributed by atoms with E-state index >= 15 is 0 Å². The lowest BCUT2D eigenvalue weighted by Gasteiger charge is -2.50. The van der Waals surface area contributed by atoms with Crippen molar-refractivity contribution < 1.29 is 4.79 Å². The second-order valence-corrected chi connectivity index (χ2v) is 6.27. The fourth-order valence-electron chi connectivity index (χ4n) is 3.56. The van der Waals surface area contributed by atoms with Crippen LogP contribution in [-0.4, -0.2) is 50.9 Å². The molecule has 4 heterocycles. The van der Waals surface area contributed by atoms with Crippen molar-refractivity contribution in [2.24, 2.45) is 0 Å². The number of carbonyl (C=O) groups excluding carboxylic acids is 1. The highest BCUT2D eigenvalue weighted by Gasteiger charge is 2.51. The van der Waals surface area contributed by atoms with Crippen molar-refractivity contribution in [2.45, 2.75) is 24.8 Å². The standard InChI is InChI=1S/C17H19N5O/c23-15(12-14-2-8-18-9-3-14)21-10-4-17(13-21)5-11-22(17)16-19-6-1-7-20-16/h1-3,6-9H,4-5,10-13H2. The number of amides is 1. The van der Waals surface area contributed by atoms with Gasteiger partial charge in [0.2, 0.25) is 11.9 Å². The molecule has 1 spiro atoms. The van der Waals surface area contributed by atoms with Crippen molar-refractivity contribution in [1.82, 2.24) is 19.9 Å². The van der Waals surface area contributed by atoms with E-state index in [2.05, 4.69) is 19.9 Å². The van der Waals surface area contributed by atoms with Gasteiger partial charge in [-0.15, -0.1) is 0 Å². The van der Waals surface area contributed by atoms with Gasteiger partial charge in [-0.2, -0.15) is 0 Å². The summed E-state index contributed by atoms with van der Waals surface area (Å²) in [6.07, 6.45) is 9.55. The molecular formula is C17H19N5O. The monoisotopic (exact) mass is 309 g/mol. The summed E-state index contributed by atoms with van der Waals surface area (Å²) in [6, 6.07) is 5.63. The maximum atomic E-state index is 12.5. The molecule has 0 bridgehead atoms. The van der Waals surface area contributed by atoms with Crippen molar-refractivity contribution in [2.75, 3.05) is 24.5 Å². The lowest BCUT2D eigenvalue weighted by atomic mass is 9.84. The summed E-state index contributed by atoms with van der Waals surface area (Å²) in [7, 11) is 0. The summed E-state index contributed by atoms with van der Waals surface area (Å²) >= 11 is 0. The highest BCUT2D eigenvalue weighted by atomic mass is 16.2. The molecule has 2 saturated heterocycles. The van der Waals surface area contributed by atoms with Crippen LogP contribution >= 0.6 is 0 Å². The Morgan fingerprint density at radius 2 is 1.83 bits per heavy atom. The molecule has 2 aliphatic heterocycles. The smallest absolute Gasteiger partial charge is 0.227 e. The van der Waals surface area contributed by atoms with Crippen molar-refractivity contribution >= 4 is 11.9 Å². The molecule has 23 heavy (non-hydrogen) atoms. The molecule has 2 aliphatic rings. The van der Waals surface area contributed by atoms with Gasteiger partial charge in [-0.05, 0) is 36.6 Å². The van der Waals surface area contributed by atoms with E-state index in [1.165, 1.54) is 0 Å². The van der Waals surface area contributed by atoms with E-state index in [4.69, 9.17) is 0 Å². The van der Waals surface area contributed by atoms with Crippen molar-refractivity contribution in [3.8, 4) is 0 Å². The van der Waals surface area contributed by atoms with E-state index in [1.54, 1.807) is 24.8 Å². The van der Waals surface area contributed by atoms with E-state index in [-0.39, 0.29) is 11.4 Å². The topological polar surface area (TPSA) is 62.2 Å². The van der Waals surface area contributed by atoms with Gasteiger partial charge in [0.25, 0.3) is 0 Å². The van der Waals surface area contributed by atoms with E-state index in [9.17, 15) is 4.79 Å². The minimum atomic E-state index is 0.0370. The van der Waals surface area contributed by atoms with Crippen molar-refractivity contribution in [1.29, 1.82) is 0 Å². The molecule has 0 aliphatic carbocycles. The first kappa shape index (κ1) is 14.1. The third kappa shape index (κ3) is 2.54. The number of nitrogens with zero attached hydrogens (tertiary/aromatic N) is 5. The van der Waals surface area contributed by atoms with Gasteiger partial charge in [-0.25, -0.2) is 9.97 Å². The van der Waals surface area contributed by atoms with Crippen molar-refractivity contribution in [3.63, 3.8) is 0 Å². The van der Waals surface area contributed by atoms with Crippen LogP contribution in [-0.2, 0) is 11.2 Å². The number of carbonyl (C=O) groups is 1. The number of aromatic nitrogens is 3. The number of pyridine rings is 1. The summed E-state index contributed by atoms with van der Waals surface area (Å²) in [5.74, 6) is 0.969. The molecule has 1 atom stereocenters. The first-order valence-electron chi connectivity index (χ1n) is 7.98. The predicted molar refractivity (Wildman–Crippen MR) is 85.9 cm³/mol. The van der Waals surface area contributed by atoms with E-state index < -0.39 is 0 Å². The summed E-state index contributed by atoms with van der Waals surface area (Å²) < 4.78 is 0. The first-order chi connectivity index (χ1) is 11.3. The van der Waals surface area contributed by atoms with E-state index in [1.807, 2.05) is 23.1 Å². The Balaban J connectivity index is 1.44. The van der Waals surface area contributed by atoms with E-state index in [0.29, 0.717) is 6.42 Å². The molecule has 2 fully saturated rings. The fraction of sp³-hybridized carbons (Fsp3) is 0.412. The highest BCUT2D eigenvalue weighted by Crippen LogP contribution is 2.40. The van der Waals surface area contributed by atoms with Gasteiger partial charge < -0.3 is 9.80 Å². The molecule has 0 N–H and O–H groups in total. The van der Waals surface area contributed by atoms with Crippen LogP contribution in [0.2, 0.25) is 0 Å². The maximum Gasteiger partial charge on any atom is 0.227 e. The zero-order chi connectivity index (χ0) is 15.7. The van der Waals surface area contributed by atoms with Crippen LogP contribution < -0.4 is 4.90 Å². The summed E-state index contributed by atoms with van der Waals surface area (Å²) in [5.41, 5.74) is 1.05. The van der Waals surface area contributed by atoms with Gasteiger partial charge in [0.1, 0.15) is 0 Å². The Hall–Kier alpha value is -2.50. The maximum absolute atomic E-state index is 12.5. The quantitative estimate of drug-likeness (QED) is 0.855. The third-order valence-electron chi connectivity index (χ3n) is 4.96. The lowest BCUT2D eigenvalue weighted by Crippen LogP contribution is -2.62. The zero-order valence-electron chi connectivity index (χ0n) is 12.9. The zero-order valence-corrected chi connectivity index (χ0v) is 12.9. The normalized spacial score (nSPS) is 23.1. The Labute approximate surface area is 135 Å². The van der Waals surface area contributed by atoms with Gasteiger partial charge in [-0.1, -0.05) is 0 Å². The van der Waals surface area contributed by atoms with Gasteiger partial charge in [0.05, 0.1) is 12.0 Å². The molecule has 1 unspecified atom stereocenters. The second-order valence-electron chi connectivity index (χ2n) is 6.27. The van der Waals surface area contributed by atoms with Crippen LogP contribution in [0.5, 0.6) is 0 Å². The number of hydrogen-bond donors (Lipinski definition) is 0. The summed E-state index contributed by atoms with van der Waals surface area (Å²) in [6.45, 7) is 2.55. The first-order valence-corrected chi connectivity index (χ1v) is 7.98. The third-order valence-corrected chi connectivity index (χ3v) is 4.96. The minimum absolute atomic E-state index is 0.0370. The molecule has 0 radical (unpaired) electrons. The van der Waals surface area contributed by atoms with Gasteiger partial charge in [0, 0.05) is 44.4 Å². The second kappa shape index (κ2) is 5.61. The van der Waals surface area contributed by atoms with Crippen LogP contribution in [0.1, 0.15) is 18.4 Å². The van der Waals surface area contributed by atoms with Crippen LogP contribution in [0.25, 0.3) is 0 Å². The molecule has 4 rings (SSSR count). The highest BCUT2D eigenvalue weighted by molar-refractivity contribution is 5.79. The minimum Gasteiger partial charge on any atom is -0.340 e. The molecule has 2 aromatic rings. The molecular weight excluding hydrogens is 290 g/mol. The van der Waals surface area contributed by atoms with Crippen LogP contribution in [0.4, 0.5) is 5.95 Å². The number of likely N-dealkylation sites (tertiary alicyclic amines) is 1. The SMILES string of the molecule is O=C(Cc1ccncc1)N1CCC2(CCN2c2ncccn2)C1. The molecule has 1 amide bonds. The molecule has 2 aromatic heterocycles. The predicted octanol–water partition coefficient (Wildman–Crippen LogP) is 1.30. The Bertz CT molecular complexity index is 693. The Morgan fingerprint density at radius 3 is 2.52 bits per heavy atom. The van der Waals surface area contributed by atoms with Gasteiger partial charge >= 0.3 is 0 Å².